The summed E-state index contributed by atoms with van der Waals surface area (Å²) in [6.45, 7) is 5.09. The Morgan fingerprint density at radius 2 is 2.00 bits per heavy atom. The number of carbonyl (C=O) groups is 1. The Morgan fingerprint density at radius 1 is 1.29 bits per heavy atom. The lowest BCUT2D eigenvalue weighted by molar-refractivity contribution is 0.0939. The van der Waals surface area contributed by atoms with Gasteiger partial charge in [-0.25, -0.2) is 0 Å². The molecule has 0 aliphatic heterocycles. The number of ketones is 1. The van der Waals surface area contributed by atoms with Crippen LogP contribution in [0, 0.1) is 5.92 Å². The van der Waals surface area contributed by atoms with Crippen LogP contribution in [0.3, 0.4) is 0 Å². The van der Waals surface area contributed by atoms with E-state index in [4.69, 9.17) is 5.11 Å². The summed E-state index contributed by atoms with van der Waals surface area (Å²) in [5.74, 6) is 0.277. The lowest BCUT2D eigenvalue weighted by Gasteiger charge is -2.03. The van der Waals surface area contributed by atoms with Crippen LogP contribution in [0.5, 0.6) is 0 Å². The van der Waals surface area contributed by atoms with Crippen LogP contribution in [0.25, 0.3) is 0 Å². The number of Topliss-reactive ketones (excluding diaryl/α,β-unsaturated/α-hetero) is 1. The third-order valence-corrected chi connectivity index (χ3v) is 2.88. The van der Waals surface area contributed by atoms with Gasteiger partial charge in [-0.3, -0.25) is 4.79 Å². The van der Waals surface area contributed by atoms with Crippen molar-refractivity contribution in [2.45, 2.75) is 46.1 Å². The highest BCUT2D eigenvalue weighted by molar-refractivity contribution is 5.97. The van der Waals surface area contributed by atoms with Crippen molar-refractivity contribution >= 4 is 5.78 Å². The molecule has 1 heterocycles. The van der Waals surface area contributed by atoms with Crippen molar-refractivity contribution in [2.24, 2.45) is 5.92 Å². The number of hydrogen-bond donors (Lipinski definition) is 1. The molecule has 96 valence electrons. The van der Waals surface area contributed by atoms with Crippen LogP contribution in [-0.2, 0) is 6.54 Å². The molecule has 0 spiro atoms. The van der Waals surface area contributed by atoms with Gasteiger partial charge in [0.15, 0.2) is 5.78 Å². The first-order chi connectivity index (χ1) is 8.15. The highest BCUT2D eigenvalue weighted by Gasteiger charge is 2.11. The predicted octanol–water partition coefficient (Wildman–Crippen LogP) is 2.88. The fourth-order valence-electron chi connectivity index (χ4n) is 1.82. The van der Waals surface area contributed by atoms with Gasteiger partial charge in [-0.2, -0.15) is 0 Å². The Bertz CT molecular complexity index is 342. The van der Waals surface area contributed by atoms with E-state index in [-0.39, 0.29) is 18.3 Å². The first-order valence-electron chi connectivity index (χ1n) is 6.46. The molecule has 3 nitrogen and oxygen atoms in total. The molecule has 0 amide bonds. The molecule has 0 saturated carbocycles. The Labute approximate surface area is 103 Å². The minimum absolute atomic E-state index is 0.0652. The molecule has 0 aromatic carbocycles. The summed E-state index contributed by atoms with van der Waals surface area (Å²) in [4.78, 5) is 11.7. The van der Waals surface area contributed by atoms with Crippen molar-refractivity contribution in [1.82, 2.24) is 4.57 Å². The SMILES string of the molecule is CC(C)C(=O)c1ccn(CCCCCCO)c1. The fourth-order valence-corrected chi connectivity index (χ4v) is 1.82. The second kappa shape index (κ2) is 7.28. The summed E-state index contributed by atoms with van der Waals surface area (Å²) in [6.07, 6.45) is 8.12. The molecule has 1 rings (SSSR count). The average Bonchev–Trinajstić information content (AvgIpc) is 2.76. The summed E-state index contributed by atoms with van der Waals surface area (Å²) < 4.78 is 2.08. The van der Waals surface area contributed by atoms with Gasteiger partial charge < -0.3 is 9.67 Å². The zero-order chi connectivity index (χ0) is 12.7. The Hall–Kier alpha value is -1.09. The number of aryl methyl sites for hydroxylation is 1. The predicted molar refractivity (Wildman–Crippen MR) is 69.2 cm³/mol. The molecule has 0 bridgehead atoms. The minimum atomic E-state index is 0.0652. The number of hydrogen-bond acceptors (Lipinski definition) is 2. The summed E-state index contributed by atoms with van der Waals surface area (Å²) in [6, 6.07) is 1.90. The quantitative estimate of drug-likeness (QED) is 0.558. The van der Waals surface area contributed by atoms with E-state index in [1.807, 2.05) is 32.3 Å². The summed E-state index contributed by atoms with van der Waals surface area (Å²) in [5, 5.41) is 8.66. The fraction of sp³-hybridized carbons (Fsp3) is 0.643. The second-order valence-electron chi connectivity index (χ2n) is 4.79. The van der Waals surface area contributed by atoms with Gasteiger partial charge in [0.05, 0.1) is 0 Å². The van der Waals surface area contributed by atoms with E-state index >= 15 is 0 Å². The normalized spacial score (nSPS) is 11.1. The van der Waals surface area contributed by atoms with Gasteiger partial charge in [-0.05, 0) is 18.9 Å². The molecule has 0 unspecified atom stereocenters. The summed E-state index contributed by atoms with van der Waals surface area (Å²) in [7, 11) is 0. The molecule has 1 N–H and O–H groups in total. The van der Waals surface area contributed by atoms with E-state index in [1.165, 1.54) is 0 Å². The maximum atomic E-state index is 11.7. The Morgan fingerprint density at radius 3 is 2.65 bits per heavy atom. The van der Waals surface area contributed by atoms with Gasteiger partial charge in [-0.15, -0.1) is 0 Å². The summed E-state index contributed by atoms with van der Waals surface area (Å²) >= 11 is 0. The van der Waals surface area contributed by atoms with Crippen LogP contribution in [-0.4, -0.2) is 22.1 Å². The van der Waals surface area contributed by atoms with Gasteiger partial charge in [-0.1, -0.05) is 26.7 Å². The van der Waals surface area contributed by atoms with Crippen LogP contribution in [0.2, 0.25) is 0 Å². The Kier molecular flexibility index (Phi) is 5.98. The highest BCUT2D eigenvalue weighted by atomic mass is 16.2. The van der Waals surface area contributed by atoms with Crippen molar-refractivity contribution in [3.63, 3.8) is 0 Å². The third-order valence-electron chi connectivity index (χ3n) is 2.88. The Balaban J connectivity index is 2.33. The van der Waals surface area contributed by atoms with Crippen LogP contribution >= 0.6 is 0 Å². The molecule has 17 heavy (non-hydrogen) atoms. The molecule has 0 radical (unpaired) electrons. The molecule has 0 aliphatic carbocycles. The van der Waals surface area contributed by atoms with Crippen molar-refractivity contribution in [2.75, 3.05) is 6.61 Å². The van der Waals surface area contributed by atoms with E-state index in [0.29, 0.717) is 0 Å². The molecule has 0 atom stereocenters. The zero-order valence-corrected chi connectivity index (χ0v) is 10.9. The number of unbranched alkanes of at least 4 members (excludes halogenated alkanes) is 3. The number of carbonyl (C=O) groups excluding carboxylic acids is 1. The molecule has 1 aromatic heterocycles. The van der Waals surface area contributed by atoms with Crippen LogP contribution < -0.4 is 0 Å². The number of nitrogens with zero attached hydrogens (tertiary/aromatic N) is 1. The van der Waals surface area contributed by atoms with E-state index in [9.17, 15) is 4.79 Å². The van der Waals surface area contributed by atoms with Gasteiger partial charge in [0.25, 0.3) is 0 Å². The van der Waals surface area contributed by atoms with E-state index < -0.39 is 0 Å². The van der Waals surface area contributed by atoms with Crippen LogP contribution in [0.1, 0.15) is 49.9 Å². The van der Waals surface area contributed by atoms with Crippen LogP contribution in [0.15, 0.2) is 18.5 Å². The lowest BCUT2D eigenvalue weighted by atomic mass is 10.0. The smallest absolute Gasteiger partial charge is 0.166 e. The van der Waals surface area contributed by atoms with Gasteiger partial charge in [0.2, 0.25) is 0 Å². The first kappa shape index (κ1) is 14.0. The van der Waals surface area contributed by atoms with Gasteiger partial charge >= 0.3 is 0 Å². The average molecular weight is 237 g/mol. The molecule has 3 heteroatoms. The molecule has 1 aromatic rings. The van der Waals surface area contributed by atoms with Crippen molar-refractivity contribution < 1.29 is 9.90 Å². The third kappa shape index (κ3) is 4.73. The molecule has 0 fully saturated rings. The van der Waals surface area contributed by atoms with E-state index in [1.54, 1.807) is 0 Å². The lowest BCUT2D eigenvalue weighted by Crippen LogP contribution is -2.06. The van der Waals surface area contributed by atoms with Gasteiger partial charge in [0.1, 0.15) is 0 Å². The first-order valence-corrected chi connectivity index (χ1v) is 6.46. The maximum Gasteiger partial charge on any atom is 0.166 e. The van der Waals surface area contributed by atoms with Crippen LogP contribution in [0.4, 0.5) is 0 Å². The number of rotatable bonds is 8. The zero-order valence-electron chi connectivity index (χ0n) is 10.9. The maximum absolute atomic E-state index is 11.7. The second-order valence-corrected chi connectivity index (χ2v) is 4.79. The molecule has 0 aliphatic rings. The van der Waals surface area contributed by atoms with Gasteiger partial charge in [0, 0.05) is 37.0 Å². The van der Waals surface area contributed by atoms with E-state index in [2.05, 4.69) is 4.57 Å². The van der Waals surface area contributed by atoms with Crippen molar-refractivity contribution in [1.29, 1.82) is 0 Å². The summed E-state index contributed by atoms with van der Waals surface area (Å²) in [5.41, 5.74) is 0.815. The van der Waals surface area contributed by atoms with Crippen molar-refractivity contribution in [3.05, 3.63) is 24.0 Å². The highest BCUT2D eigenvalue weighted by Crippen LogP contribution is 2.10. The minimum Gasteiger partial charge on any atom is -0.396 e. The topological polar surface area (TPSA) is 42.2 Å². The largest absolute Gasteiger partial charge is 0.396 e. The number of aromatic nitrogens is 1. The number of aliphatic hydroxyl groups is 1. The molecule has 0 saturated heterocycles. The van der Waals surface area contributed by atoms with Crippen molar-refractivity contribution in [3.8, 4) is 0 Å². The van der Waals surface area contributed by atoms with E-state index in [0.717, 1.165) is 37.8 Å². The monoisotopic (exact) mass is 237 g/mol. The molecular weight excluding hydrogens is 214 g/mol. The standard InChI is InChI=1S/C14H23NO2/c1-12(2)14(17)13-7-9-15(11-13)8-5-3-4-6-10-16/h7,9,11-12,16H,3-6,8,10H2,1-2H3. The number of aliphatic hydroxyl groups excluding tert-OH is 1. The molecular formula is C14H23NO2.